The van der Waals surface area contributed by atoms with E-state index in [-0.39, 0.29) is 30.7 Å². The lowest BCUT2D eigenvalue weighted by Gasteiger charge is -2.34. The molecule has 3 atom stereocenters. The van der Waals surface area contributed by atoms with Gasteiger partial charge in [0, 0.05) is 50.1 Å². The Morgan fingerprint density at radius 3 is 2.57 bits per heavy atom. The second kappa shape index (κ2) is 12.6. The molecule has 0 aromatic rings. The largest absolute Gasteiger partial charge is 0.356 e. The first-order chi connectivity index (χ1) is 10.1. The number of hydrogen-bond acceptors (Lipinski definition) is 4. The molecule has 0 radical (unpaired) electrons. The maximum Gasteiger partial charge on any atom is 0.221 e. The fourth-order valence-electron chi connectivity index (χ4n) is 3.55. The molecule has 1 amide bonds. The summed E-state index contributed by atoms with van der Waals surface area (Å²) in [6.45, 7) is 10.1. The summed E-state index contributed by atoms with van der Waals surface area (Å²) < 4.78 is 0. The molecule has 2 rings (SSSR count). The smallest absolute Gasteiger partial charge is 0.221 e. The predicted octanol–water partition coefficient (Wildman–Crippen LogP) is 2.41. The highest BCUT2D eigenvalue weighted by Crippen LogP contribution is 2.20. The standard InChI is InChI=1S/C16H31N3OS.2ClH/c1-13-8-14(2)11-19(10-13)6-3-4-18-16(20)9-15-12-21-7-5-17-15;;/h13-15,17H,3-12H2,1-2H3,(H,18,20);2*1H. The SMILES string of the molecule is CC1CC(C)CN(CCCNC(=O)CC2CSCCN2)C1.Cl.Cl. The number of nitrogens with one attached hydrogen (secondary N) is 2. The molecular formula is C16H33Cl2N3OS. The van der Waals surface area contributed by atoms with Crippen LogP contribution in [0, 0.1) is 11.8 Å². The quantitative estimate of drug-likeness (QED) is 0.689. The molecule has 2 heterocycles. The van der Waals surface area contributed by atoms with Gasteiger partial charge in [0.1, 0.15) is 0 Å². The maximum absolute atomic E-state index is 11.9. The summed E-state index contributed by atoms with van der Waals surface area (Å²) in [7, 11) is 0. The summed E-state index contributed by atoms with van der Waals surface area (Å²) in [5.74, 6) is 4.08. The van der Waals surface area contributed by atoms with E-state index in [1.165, 1.54) is 25.3 Å². The third kappa shape index (κ3) is 9.40. The van der Waals surface area contributed by atoms with Crippen LogP contribution in [0.2, 0.25) is 0 Å². The second-order valence-electron chi connectivity index (χ2n) is 6.84. The van der Waals surface area contributed by atoms with Crippen LogP contribution in [0.5, 0.6) is 0 Å². The van der Waals surface area contributed by atoms with Crippen LogP contribution in [0.4, 0.5) is 0 Å². The third-order valence-corrected chi connectivity index (χ3v) is 5.48. The molecule has 0 aromatic heterocycles. The monoisotopic (exact) mass is 385 g/mol. The van der Waals surface area contributed by atoms with Crippen molar-refractivity contribution < 1.29 is 4.79 Å². The minimum Gasteiger partial charge on any atom is -0.356 e. The van der Waals surface area contributed by atoms with Gasteiger partial charge in [0.05, 0.1) is 0 Å². The summed E-state index contributed by atoms with van der Waals surface area (Å²) in [6.07, 6.45) is 3.06. The van der Waals surface area contributed by atoms with Gasteiger partial charge in [0.2, 0.25) is 5.91 Å². The van der Waals surface area contributed by atoms with Crippen molar-refractivity contribution in [1.82, 2.24) is 15.5 Å². The maximum atomic E-state index is 11.9. The first kappa shape index (κ1) is 23.3. The highest BCUT2D eigenvalue weighted by atomic mass is 35.5. The van der Waals surface area contributed by atoms with E-state index in [1.54, 1.807) is 0 Å². The number of halogens is 2. The fourth-order valence-corrected chi connectivity index (χ4v) is 4.50. The lowest BCUT2D eigenvalue weighted by molar-refractivity contribution is -0.121. The number of piperidine rings is 1. The van der Waals surface area contributed by atoms with Crippen molar-refractivity contribution in [3.63, 3.8) is 0 Å². The molecule has 3 unspecified atom stereocenters. The number of amides is 1. The van der Waals surface area contributed by atoms with Crippen LogP contribution >= 0.6 is 36.6 Å². The molecule has 2 aliphatic heterocycles. The molecule has 2 N–H and O–H groups in total. The number of thioether (sulfide) groups is 1. The summed E-state index contributed by atoms with van der Waals surface area (Å²) in [5.41, 5.74) is 0. The zero-order valence-electron chi connectivity index (χ0n) is 14.4. The Labute approximate surface area is 158 Å². The van der Waals surface area contributed by atoms with E-state index >= 15 is 0 Å². The first-order valence-corrected chi connectivity index (χ1v) is 9.59. The van der Waals surface area contributed by atoms with E-state index in [0.29, 0.717) is 12.5 Å². The van der Waals surface area contributed by atoms with Gasteiger partial charge >= 0.3 is 0 Å². The van der Waals surface area contributed by atoms with Gasteiger partial charge in [0.15, 0.2) is 0 Å². The molecule has 4 nitrogen and oxygen atoms in total. The third-order valence-electron chi connectivity index (χ3n) is 4.35. The van der Waals surface area contributed by atoms with Crippen LogP contribution in [-0.4, -0.2) is 61.1 Å². The van der Waals surface area contributed by atoms with Gasteiger partial charge in [-0.1, -0.05) is 13.8 Å². The van der Waals surface area contributed by atoms with Gasteiger partial charge in [0.25, 0.3) is 0 Å². The predicted molar refractivity (Wildman–Crippen MR) is 105 cm³/mol. The van der Waals surface area contributed by atoms with Crippen molar-refractivity contribution in [2.24, 2.45) is 11.8 Å². The molecule has 23 heavy (non-hydrogen) atoms. The number of hydrogen-bond donors (Lipinski definition) is 2. The van der Waals surface area contributed by atoms with Gasteiger partial charge in [-0.05, 0) is 31.2 Å². The van der Waals surface area contributed by atoms with Crippen LogP contribution in [0.25, 0.3) is 0 Å². The van der Waals surface area contributed by atoms with Crippen LogP contribution < -0.4 is 10.6 Å². The van der Waals surface area contributed by atoms with E-state index in [1.807, 2.05) is 11.8 Å². The van der Waals surface area contributed by atoms with Crippen molar-refractivity contribution in [3.05, 3.63) is 0 Å². The minimum absolute atomic E-state index is 0. The van der Waals surface area contributed by atoms with Crippen LogP contribution in [0.1, 0.15) is 33.1 Å². The average molecular weight is 386 g/mol. The summed E-state index contributed by atoms with van der Waals surface area (Å²) in [4.78, 5) is 14.5. The van der Waals surface area contributed by atoms with Crippen LogP contribution in [0.3, 0.4) is 0 Å². The zero-order chi connectivity index (χ0) is 15.1. The number of carbonyl (C=O) groups excluding carboxylic acids is 1. The van der Waals surface area contributed by atoms with Gasteiger partial charge in [-0.2, -0.15) is 11.8 Å². The molecule has 138 valence electrons. The van der Waals surface area contributed by atoms with E-state index in [2.05, 4.69) is 29.4 Å². The molecule has 2 aliphatic rings. The molecule has 0 spiro atoms. The van der Waals surface area contributed by atoms with Gasteiger partial charge < -0.3 is 15.5 Å². The first-order valence-electron chi connectivity index (χ1n) is 8.43. The average Bonchev–Trinajstić information content (AvgIpc) is 2.44. The van der Waals surface area contributed by atoms with Crippen molar-refractivity contribution in [3.8, 4) is 0 Å². The Balaban J connectivity index is 0.00000242. The summed E-state index contributed by atoms with van der Waals surface area (Å²) in [6, 6.07) is 0.368. The molecule has 0 saturated carbocycles. The molecule has 0 bridgehead atoms. The second-order valence-corrected chi connectivity index (χ2v) is 7.99. The van der Waals surface area contributed by atoms with Crippen molar-refractivity contribution in [2.75, 3.05) is 44.2 Å². The minimum atomic E-state index is 0. The Kier molecular flexibility index (Phi) is 12.8. The van der Waals surface area contributed by atoms with Crippen LogP contribution in [-0.2, 0) is 4.79 Å². The Hall–Kier alpha value is 0.320. The fraction of sp³-hybridized carbons (Fsp3) is 0.938. The number of carbonyl (C=O) groups is 1. The Morgan fingerprint density at radius 1 is 1.26 bits per heavy atom. The zero-order valence-corrected chi connectivity index (χ0v) is 16.8. The van der Waals surface area contributed by atoms with Gasteiger partial charge in [-0.25, -0.2) is 0 Å². The summed E-state index contributed by atoms with van der Waals surface area (Å²) >= 11 is 1.94. The summed E-state index contributed by atoms with van der Waals surface area (Å²) in [5, 5.41) is 6.49. The van der Waals surface area contributed by atoms with E-state index in [0.717, 1.165) is 43.6 Å². The lowest BCUT2D eigenvalue weighted by atomic mass is 9.92. The Bertz CT molecular complexity index is 320. The van der Waals surface area contributed by atoms with E-state index in [4.69, 9.17) is 0 Å². The molecular weight excluding hydrogens is 353 g/mol. The molecule has 0 aliphatic carbocycles. The number of nitrogens with zero attached hydrogens (tertiary/aromatic N) is 1. The number of likely N-dealkylation sites (tertiary alicyclic amines) is 1. The van der Waals surface area contributed by atoms with Crippen LogP contribution in [0.15, 0.2) is 0 Å². The lowest BCUT2D eigenvalue weighted by Crippen LogP contribution is -2.42. The van der Waals surface area contributed by atoms with Crippen molar-refractivity contribution in [2.45, 2.75) is 39.2 Å². The highest BCUT2D eigenvalue weighted by molar-refractivity contribution is 7.99. The van der Waals surface area contributed by atoms with Crippen molar-refractivity contribution in [1.29, 1.82) is 0 Å². The molecule has 0 aromatic carbocycles. The molecule has 2 saturated heterocycles. The normalized spacial score (nSPS) is 28.3. The Morgan fingerprint density at radius 2 is 1.96 bits per heavy atom. The van der Waals surface area contributed by atoms with E-state index in [9.17, 15) is 4.79 Å². The van der Waals surface area contributed by atoms with Gasteiger partial charge in [-0.3, -0.25) is 4.79 Å². The molecule has 7 heteroatoms. The van der Waals surface area contributed by atoms with E-state index < -0.39 is 0 Å². The topological polar surface area (TPSA) is 44.4 Å². The van der Waals surface area contributed by atoms with Crippen molar-refractivity contribution >= 4 is 42.5 Å². The van der Waals surface area contributed by atoms with Gasteiger partial charge in [-0.15, -0.1) is 24.8 Å². The highest BCUT2D eigenvalue weighted by Gasteiger charge is 2.21. The number of rotatable bonds is 6. The molecule has 2 fully saturated rings.